The predicted molar refractivity (Wildman–Crippen MR) is 56.0 cm³/mol. The van der Waals surface area contributed by atoms with Crippen molar-refractivity contribution in [2.45, 2.75) is 19.9 Å². The van der Waals surface area contributed by atoms with Crippen molar-refractivity contribution in [3.8, 4) is 0 Å². The Kier molecular flexibility index (Phi) is 4.17. The lowest BCUT2D eigenvalue weighted by Crippen LogP contribution is -2.32. The highest BCUT2D eigenvalue weighted by Gasteiger charge is 2.06. The topological polar surface area (TPSA) is 54.0 Å². The van der Waals surface area contributed by atoms with Crippen molar-refractivity contribution < 1.29 is 9.18 Å². The summed E-state index contributed by atoms with van der Waals surface area (Å²) in [6.07, 6.45) is 2.49. The molecule has 1 rings (SSSR count). The van der Waals surface area contributed by atoms with E-state index in [9.17, 15) is 9.18 Å². The molecule has 1 aromatic heterocycles. The molecule has 1 heterocycles. The van der Waals surface area contributed by atoms with Crippen molar-refractivity contribution in [3.05, 3.63) is 24.3 Å². The van der Waals surface area contributed by atoms with Gasteiger partial charge in [0.1, 0.15) is 0 Å². The van der Waals surface area contributed by atoms with E-state index in [1.165, 1.54) is 12.3 Å². The van der Waals surface area contributed by atoms with Crippen LogP contribution in [0.5, 0.6) is 0 Å². The summed E-state index contributed by atoms with van der Waals surface area (Å²) < 4.78 is 13.1. The van der Waals surface area contributed by atoms with Crippen molar-refractivity contribution in [1.29, 1.82) is 0 Å². The standard InChI is InChI=1S/C10H14FN3O/c1-7(2)13-6-10(15)14-9-3-4-12-5-8(9)11/h3-5,7,13H,6H2,1-2H3,(H,12,14,15). The van der Waals surface area contributed by atoms with E-state index in [2.05, 4.69) is 15.6 Å². The van der Waals surface area contributed by atoms with Crippen LogP contribution in [0.3, 0.4) is 0 Å². The van der Waals surface area contributed by atoms with E-state index < -0.39 is 5.82 Å². The van der Waals surface area contributed by atoms with Crippen LogP contribution in [-0.2, 0) is 4.79 Å². The Labute approximate surface area is 87.9 Å². The van der Waals surface area contributed by atoms with Crippen molar-refractivity contribution in [3.63, 3.8) is 0 Å². The Balaban J connectivity index is 2.48. The zero-order chi connectivity index (χ0) is 11.3. The third-order valence-electron chi connectivity index (χ3n) is 1.72. The van der Waals surface area contributed by atoms with Gasteiger partial charge >= 0.3 is 0 Å². The van der Waals surface area contributed by atoms with E-state index in [-0.39, 0.29) is 24.2 Å². The summed E-state index contributed by atoms with van der Waals surface area (Å²) in [4.78, 5) is 14.9. The number of rotatable bonds is 4. The average molecular weight is 211 g/mol. The first-order chi connectivity index (χ1) is 7.09. The first-order valence-electron chi connectivity index (χ1n) is 4.72. The van der Waals surface area contributed by atoms with Gasteiger partial charge in [-0.3, -0.25) is 9.78 Å². The second-order valence-corrected chi connectivity index (χ2v) is 3.44. The van der Waals surface area contributed by atoms with Gasteiger partial charge in [0.15, 0.2) is 5.82 Å². The molecule has 0 aliphatic heterocycles. The fourth-order valence-electron chi connectivity index (χ4n) is 0.968. The molecule has 0 fully saturated rings. The lowest BCUT2D eigenvalue weighted by Gasteiger charge is -2.08. The molecule has 0 aromatic carbocycles. The number of carbonyl (C=O) groups is 1. The second-order valence-electron chi connectivity index (χ2n) is 3.44. The SMILES string of the molecule is CC(C)NCC(=O)Nc1ccncc1F. The molecule has 0 unspecified atom stereocenters. The highest BCUT2D eigenvalue weighted by Crippen LogP contribution is 2.09. The Bertz CT molecular complexity index is 341. The molecule has 4 nitrogen and oxygen atoms in total. The fourth-order valence-corrected chi connectivity index (χ4v) is 0.968. The van der Waals surface area contributed by atoms with Crippen LogP contribution in [0.4, 0.5) is 10.1 Å². The third kappa shape index (κ3) is 4.03. The number of aromatic nitrogens is 1. The summed E-state index contributed by atoms with van der Waals surface area (Å²) in [7, 11) is 0. The van der Waals surface area contributed by atoms with E-state index in [0.717, 1.165) is 6.20 Å². The fraction of sp³-hybridized carbons (Fsp3) is 0.400. The molecule has 0 saturated carbocycles. The Morgan fingerprint density at radius 1 is 1.60 bits per heavy atom. The first kappa shape index (κ1) is 11.6. The summed E-state index contributed by atoms with van der Waals surface area (Å²) in [5.41, 5.74) is 0.153. The first-order valence-corrected chi connectivity index (χ1v) is 4.72. The molecule has 0 atom stereocenters. The number of hydrogen-bond acceptors (Lipinski definition) is 3. The molecular formula is C10H14FN3O. The molecule has 82 valence electrons. The average Bonchev–Trinajstić information content (AvgIpc) is 2.18. The van der Waals surface area contributed by atoms with Crippen LogP contribution >= 0.6 is 0 Å². The number of halogens is 1. The van der Waals surface area contributed by atoms with Crippen molar-refractivity contribution >= 4 is 11.6 Å². The third-order valence-corrected chi connectivity index (χ3v) is 1.72. The summed E-state index contributed by atoms with van der Waals surface area (Å²) in [6.45, 7) is 4.03. The van der Waals surface area contributed by atoms with Crippen LogP contribution in [-0.4, -0.2) is 23.5 Å². The van der Waals surface area contributed by atoms with Gasteiger partial charge in [-0.1, -0.05) is 13.8 Å². The maximum atomic E-state index is 13.1. The number of carbonyl (C=O) groups excluding carboxylic acids is 1. The maximum Gasteiger partial charge on any atom is 0.238 e. The normalized spacial score (nSPS) is 10.4. The highest BCUT2D eigenvalue weighted by atomic mass is 19.1. The molecular weight excluding hydrogens is 197 g/mol. The van der Waals surface area contributed by atoms with E-state index in [0.29, 0.717) is 0 Å². The van der Waals surface area contributed by atoms with Crippen LogP contribution in [0.25, 0.3) is 0 Å². The highest BCUT2D eigenvalue weighted by molar-refractivity contribution is 5.92. The molecule has 0 bridgehead atoms. The number of hydrogen-bond donors (Lipinski definition) is 2. The maximum absolute atomic E-state index is 13.1. The second kappa shape index (κ2) is 5.41. The lowest BCUT2D eigenvalue weighted by molar-refractivity contribution is -0.115. The minimum absolute atomic E-state index is 0.153. The summed E-state index contributed by atoms with van der Waals surface area (Å²) in [5, 5.41) is 5.38. The minimum Gasteiger partial charge on any atom is -0.322 e. The molecule has 0 aliphatic rings. The largest absolute Gasteiger partial charge is 0.322 e. The lowest BCUT2D eigenvalue weighted by atomic mass is 10.3. The molecule has 0 radical (unpaired) electrons. The van der Waals surface area contributed by atoms with Crippen molar-refractivity contribution in [2.75, 3.05) is 11.9 Å². The van der Waals surface area contributed by atoms with Crippen LogP contribution in [0.2, 0.25) is 0 Å². The molecule has 1 amide bonds. The van der Waals surface area contributed by atoms with E-state index >= 15 is 0 Å². The number of nitrogens with one attached hydrogen (secondary N) is 2. The van der Waals surface area contributed by atoms with Crippen LogP contribution in [0.15, 0.2) is 18.5 Å². The summed E-state index contributed by atoms with van der Waals surface area (Å²) in [6, 6.07) is 1.64. The Morgan fingerprint density at radius 3 is 2.93 bits per heavy atom. The van der Waals surface area contributed by atoms with E-state index in [1.807, 2.05) is 13.8 Å². The van der Waals surface area contributed by atoms with Gasteiger partial charge in [-0.05, 0) is 6.07 Å². The van der Waals surface area contributed by atoms with Crippen LogP contribution in [0, 0.1) is 5.82 Å². The quantitative estimate of drug-likeness (QED) is 0.785. The van der Waals surface area contributed by atoms with Gasteiger partial charge < -0.3 is 10.6 Å². The minimum atomic E-state index is -0.532. The number of pyridine rings is 1. The van der Waals surface area contributed by atoms with Gasteiger partial charge in [0.05, 0.1) is 18.4 Å². The zero-order valence-corrected chi connectivity index (χ0v) is 8.75. The number of amides is 1. The molecule has 2 N–H and O–H groups in total. The molecule has 0 aliphatic carbocycles. The van der Waals surface area contributed by atoms with Gasteiger partial charge in [0.25, 0.3) is 0 Å². The molecule has 1 aromatic rings. The van der Waals surface area contributed by atoms with Crippen LogP contribution < -0.4 is 10.6 Å². The smallest absolute Gasteiger partial charge is 0.238 e. The summed E-state index contributed by atoms with van der Waals surface area (Å²) in [5.74, 6) is -0.802. The van der Waals surface area contributed by atoms with Gasteiger partial charge in [0, 0.05) is 12.2 Å². The molecule has 5 heteroatoms. The van der Waals surface area contributed by atoms with Crippen molar-refractivity contribution in [2.24, 2.45) is 0 Å². The molecule has 0 saturated heterocycles. The van der Waals surface area contributed by atoms with E-state index in [1.54, 1.807) is 0 Å². The van der Waals surface area contributed by atoms with Gasteiger partial charge in [-0.2, -0.15) is 0 Å². The summed E-state index contributed by atoms with van der Waals surface area (Å²) >= 11 is 0. The van der Waals surface area contributed by atoms with Gasteiger partial charge in [-0.15, -0.1) is 0 Å². The Morgan fingerprint density at radius 2 is 2.33 bits per heavy atom. The molecule has 0 spiro atoms. The van der Waals surface area contributed by atoms with E-state index in [4.69, 9.17) is 0 Å². The van der Waals surface area contributed by atoms with Gasteiger partial charge in [-0.25, -0.2) is 4.39 Å². The zero-order valence-electron chi connectivity index (χ0n) is 8.75. The Hall–Kier alpha value is -1.49. The van der Waals surface area contributed by atoms with Gasteiger partial charge in [0.2, 0.25) is 5.91 Å². The predicted octanol–water partition coefficient (Wildman–Crippen LogP) is 1.16. The molecule has 15 heavy (non-hydrogen) atoms. The number of anilines is 1. The number of nitrogens with zero attached hydrogens (tertiary/aromatic N) is 1. The van der Waals surface area contributed by atoms with Crippen molar-refractivity contribution in [1.82, 2.24) is 10.3 Å². The van der Waals surface area contributed by atoms with Crippen LogP contribution in [0.1, 0.15) is 13.8 Å². The monoisotopic (exact) mass is 211 g/mol.